The molecule has 0 saturated carbocycles. The predicted octanol–water partition coefficient (Wildman–Crippen LogP) is 5.08. The van der Waals surface area contributed by atoms with Crippen LogP contribution in [-0.2, 0) is 4.79 Å². The maximum Gasteiger partial charge on any atom is 0.266 e. The lowest BCUT2D eigenvalue weighted by Gasteiger charge is -2.11. The summed E-state index contributed by atoms with van der Waals surface area (Å²) in [7, 11) is 0. The number of nitriles is 1. The molecule has 0 aliphatic carbocycles. The van der Waals surface area contributed by atoms with Crippen LogP contribution in [0.2, 0.25) is 10.0 Å². The van der Waals surface area contributed by atoms with Crippen LogP contribution in [0.4, 0.5) is 10.1 Å². The first-order valence-electron chi connectivity index (χ1n) is 7.25. The van der Waals surface area contributed by atoms with Crippen LogP contribution in [0.15, 0.2) is 42.0 Å². The van der Waals surface area contributed by atoms with Gasteiger partial charge in [0.05, 0.1) is 11.6 Å². The molecule has 0 radical (unpaired) electrons. The number of carbonyl (C=O) groups excluding carboxylic acids is 1. The highest BCUT2D eigenvalue weighted by Crippen LogP contribution is 2.34. The molecule has 1 amide bonds. The molecule has 0 spiro atoms. The summed E-state index contributed by atoms with van der Waals surface area (Å²) in [6, 6.07) is 10.1. The molecule has 0 bridgehead atoms. The number of rotatable bonds is 5. The summed E-state index contributed by atoms with van der Waals surface area (Å²) in [4.78, 5) is 12.3. The maximum atomic E-state index is 12.9. The van der Waals surface area contributed by atoms with E-state index in [0.717, 1.165) is 0 Å². The van der Waals surface area contributed by atoms with E-state index in [1.54, 1.807) is 13.0 Å². The fraction of sp³-hybridized carbons (Fsp3) is 0.111. The van der Waals surface area contributed by atoms with E-state index in [1.165, 1.54) is 36.4 Å². The second kappa shape index (κ2) is 8.52. The Morgan fingerprint density at radius 1 is 1.32 bits per heavy atom. The van der Waals surface area contributed by atoms with Crippen LogP contribution >= 0.6 is 23.2 Å². The number of hydrogen-bond acceptors (Lipinski definition) is 3. The van der Waals surface area contributed by atoms with Gasteiger partial charge in [0.25, 0.3) is 5.91 Å². The Hall–Kier alpha value is -2.55. The minimum absolute atomic E-state index is 0.177. The zero-order chi connectivity index (χ0) is 18.4. The molecule has 0 fully saturated rings. The summed E-state index contributed by atoms with van der Waals surface area (Å²) in [6.45, 7) is 2.14. The SMILES string of the molecule is CCOc1c(Cl)cc(Cl)cc1/C=C(\C#N)C(=O)Nc1ccc(F)cc1. The monoisotopic (exact) mass is 378 g/mol. The number of nitrogens with one attached hydrogen (secondary N) is 1. The van der Waals surface area contributed by atoms with Crippen molar-refractivity contribution in [2.45, 2.75) is 6.92 Å². The lowest BCUT2D eigenvalue weighted by atomic mass is 10.1. The summed E-state index contributed by atoms with van der Waals surface area (Å²) >= 11 is 12.1. The average molecular weight is 379 g/mol. The molecule has 1 N–H and O–H groups in total. The highest BCUT2D eigenvalue weighted by Gasteiger charge is 2.14. The zero-order valence-corrected chi connectivity index (χ0v) is 14.7. The van der Waals surface area contributed by atoms with Crippen molar-refractivity contribution >= 4 is 40.9 Å². The molecule has 7 heteroatoms. The topological polar surface area (TPSA) is 62.1 Å². The number of amides is 1. The van der Waals surface area contributed by atoms with Gasteiger partial charge in [-0.15, -0.1) is 0 Å². The first kappa shape index (κ1) is 18.8. The van der Waals surface area contributed by atoms with Gasteiger partial charge in [-0.05, 0) is 49.4 Å². The molecule has 2 aromatic rings. The third kappa shape index (κ3) is 4.96. The molecular formula is C18H13Cl2FN2O2. The standard InChI is InChI=1S/C18H13Cl2FN2O2/c1-2-25-17-11(8-13(19)9-16(17)20)7-12(10-22)18(24)23-15-5-3-14(21)4-6-15/h3-9H,2H2,1H3,(H,23,24)/b12-7+. The predicted molar refractivity (Wildman–Crippen MR) is 96.3 cm³/mol. The van der Waals surface area contributed by atoms with Crippen molar-refractivity contribution < 1.29 is 13.9 Å². The van der Waals surface area contributed by atoms with Gasteiger partial charge >= 0.3 is 0 Å². The lowest BCUT2D eigenvalue weighted by molar-refractivity contribution is -0.112. The summed E-state index contributed by atoms with van der Waals surface area (Å²) in [6.07, 6.45) is 1.33. The van der Waals surface area contributed by atoms with E-state index in [-0.39, 0.29) is 10.6 Å². The molecule has 0 aliphatic heterocycles. The number of carbonyl (C=O) groups is 1. The molecule has 0 aliphatic rings. The summed E-state index contributed by atoms with van der Waals surface area (Å²) < 4.78 is 18.4. The fourth-order valence-electron chi connectivity index (χ4n) is 2.02. The first-order chi connectivity index (χ1) is 11.9. The van der Waals surface area contributed by atoms with Gasteiger partial charge in [0.15, 0.2) is 0 Å². The van der Waals surface area contributed by atoms with Gasteiger partial charge in [-0.2, -0.15) is 5.26 Å². The molecule has 2 rings (SSSR count). The van der Waals surface area contributed by atoms with E-state index < -0.39 is 11.7 Å². The van der Waals surface area contributed by atoms with Crippen molar-refractivity contribution in [3.8, 4) is 11.8 Å². The van der Waals surface area contributed by atoms with Crippen LogP contribution in [0.25, 0.3) is 6.08 Å². The largest absolute Gasteiger partial charge is 0.492 e. The number of ether oxygens (including phenoxy) is 1. The summed E-state index contributed by atoms with van der Waals surface area (Å²) in [5.41, 5.74) is 0.593. The third-order valence-corrected chi connectivity index (χ3v) is 3.59. The Morgan fingerprint density at radius 2 is 2.00 bits per heavy atom. The number of hydrogen-bond donors (Lipinski definition) is 1. The third-order valence-electron chi connectivity index (χ3n) is 3.09. The van der Waals surface area contributed by atoms with Crippen LogP contribution in [0, 0.1) is 17.1 Å². The van der Waals surface area contributed by atoms with Crippen molar-refractivity contribution in [2.24, 2.45) is 0 Å². The van der Waals surface area contributed by atoms with Gasteiger partial charge in [0.2, 0.25) is 0 Å². The van der Waals surface area contributed by atoms with Crippen molar-refractivity contribution in [1.82, 2.24) is 0 Å². The normalized spacial score (nSPS) is 10.9. The van der Waals surface area contributed by atoms with Gasteiger partial charge in [0.1, 0.15) is 23.2 Å². The number of nitrogens with zero attached hydrogens (tertiary/aromatic N) is 1. The van der Waals surface area contributed by atoms with Crippen LogP contribution < -0.4 is 10.1 Å². The molecule has 2 aromatic carbocycles. The quantitative estimate of drug-likeness (QED) is 0.582. The average Bonchev–Trinajstić information content (AvgIpc) is 2.57. The minimum Gasteiger partial charge on any atom is -0.492 e. The minimum atomic E-state index is -0.646. The van der Waals surface area contributed by atoms with Crippen LogP contribution in [0.3, 0.4) is 0 Å². The van der Waals surface area contributed by atoms with E-state index in [2.05, 4.69) is 5.32 Å². The molecule has 0 unspecified atom stereocenters. The van der Waals surface area contributed by atoms with Gasteiger partial charge in [-0.3, -0.25) is 4.79 Å². The summed E-state index contributed by atoms with van der Waals surface area (Å²) in [5.74, 6) is -0.743. The summed E-state index contributed by atoms with van der Waals surface area (Å²) in [5, 5.41) is 12.4. The number of halogens is 3. The van der Waals surface area contributed by atoms with Crippen molar-refractivity contribution in [3.63, 3.8) is 0 Å². The van der Waals surface area contributed by atoms with Crippen molar-refractivity contribution in [2.75, 3.05) is 11.9 Å². The Kier molecular flexibility index (Phi) is 6.40. The van der Waals surface area contributed by atoms with E-state index >= 15 is 0 Å². The highest BCUT2D eigenvalue weighted by atomic mass is 35.5. The molecule has 4 nitrogen and oxygen atoms in total. The number of anilines is 1. The van der Waals surface area contributed by atoms with Crippen LogP contribution in [0.5, 0.6) is 5.75 Å². The fourth-order valence-corrected chi connectivity index (χ4v) is 2.58. The van der Waals surface area contributed by atoms with Gasteiger partial charge < -0.3 is 10.1 Å². The second-order valence-electron chi connectivity index (χ2n) is 4.87. The van der Waals surface area contributed by atoms with Gasteiger partial charge in [-0.1, -0.05) is 23.2 Å². The lowest BCUT2D eigenvalue weighted by Crippen LogP contribution is -2.13. The number of benzene rings is 2. The van der Waals surface area contributed by atoms with Crippen molar-refractivity contribution in [3.05, 3.63) is 63.4 Å². The Morgan fingerprint density at radius 3 is 2.60 bits per heavy atom. The first-order valence-corrected chi connectivity index (χ1v) is 8.00. The molecule has 0 atom stereocenters. The smallest absolute Gasteiger partial charge is 0.266 e. The van der Waals surface area contributed by atoms with Gasteiger partial charge in [0, 0.05) is 16.3 Å². The highest BCUT2D eigenvalue weighted by molar-refractivity contribution is 6.36. The zero-order valence-electron chi connectivity index (χ0n) is 13.1. The van der Waals surface area contributed by atoms with Crippen molar-refractivity contribution in [1.29, 1.82) is 5.26 Å². The maximum absolute atomic E-state index is 12.9. The Balaban J connectivity index is 2.35. The molecule has 25 heavy (non-hydrogen) atoms. The Labute approximate surface area is 154 Å². The molecule has 0 saturated heterocycles. The van der Waals surface area contributed by atoms with E-state index in [9.17, 15) is 14.4 Å². The molecule has 128 valence electrons. The van der Waals surface area contributed by atoms with E-state index in [4.69, 9.17) is 27.9 Å². The molecule has 0 heterocycles. The van der Waals surface area contributed by atoms with Crippen LogP contribution in [-0.4, -0.2) is 12.5 Å². The molecular weight excluding hydrogens is 366 g/mol. The Bertz CT molecular complexity index is 859. The van der Waals surface area contributed by atoms with Crippen LogP contribution in [0.1, 0.15) is 12.5 Å². The van der Waals surface area contributed by atoms with E-state index in [1.807, 2.05) is 6.07 Å². The van der Waals surface area contributed by atoms with Gasteiger partial charge in [-0.25, -0.2) is 4.39 Å². The molecule has 0 aromatic heterocycles. The van der Waals surface area contributed by atoms with E-state index in [0.29, 0.717) is 28.6 Å². The second-order valence-corrected chi connectivity index (χ2v) is 5.71.